The van der Waals surface area contributed by atoms with Crippen molar-refractivity contribution in [1.82, 2.24) is 0 Å². The molecule has 106 valence electrons. The van der Waals surface area contributed by atoms with Crippen LogP contribution < -0.4 is 0 Å². The standard InChI is InChI=1S/C14H12Cl2O4/c1-19-11-8-6-4-3-5-7(8)9(13(15)17)12(20-2)10(11)14(16)18/h3,5-6,12H,4H2,1-2H3. The minimum absolute atomic E-state index is 0.0889. The molecule has 0 aliphatic heterocycles. The lowest BCUT2D eigenvalue weighted by Crippen LogP contribution is -2.31. The topological polar surface area (TPSA) is 52.6 Å². The number of carbonyl (C=O) groups is 2. The Morgan fingerprint density at radius 2 is 1.85 bits per heavy atom. The Balaban J connectivity index is 2.75. The number of fused-ring (bicyclic) bond motifs is 1. The molecule has 4 nitrogen and oxygen atoms in total. The molecule has 0 heterocycles. The number of hydrogen-bond donors (Lipinski definition) is 0. The number of rotatable bonds is 4. The first kappa shape index (κ1) is 15.0. The van der Waals surface area contributed by atoms with Crippen LogP contribution in [0.3, 0.4) is 0 Å². The molecule has 6 heteroatoms. The van der Waals surface area contributed by atoms with E-state index in [1.54, 1.807) is 6.08 Å². The maximum Gasteiger partial charge on any atom is 0.255 e. The summed E-state index contributed by atoms with van der Waals surface area (Å²) in [6.45, 7) is 0. The van der Waals surface area contributed by atoms with Crippen molar-refractivity contribution < 1.29 is 19.1 Å². The first-order valence-corrected chi connectivity index (χ1v) is 6.60. The Labute approximate surface area is 126 Å². The van der Waals surface area contributed by atoms with Crippen molar-refractivity contribution in [3.8, 4) is 0 Å². The molecule has 1 atom stereocenters. The minimum atomic E-state index is -0.935. The largest absolute Gasteiger partial charge is 0.496 e. The van der Waals surface area contributed by atoms with Gasteiger partial charge >= 0.3 is 0 Å². The van der Waals surface area contributed by atoms with Gasteiger partial charge in [-0.15, -0.1) is 0 Å². The summed E-state index contributed by atoms with van der Waals surface area (Å²) in [7, 11) is 2.81. The Kier molecular flexibility index (Phi) is 4.48. The van der Waals surface area contributed by atoms with E-state index >= 15 is 0 Å². The molecule has 0 N–H and O–H groups in total. The van der Waals surface area contributed by atoms with Crippen molar-refractivity contribution in [2.45, 2.75) is 12.5 Å². The van der Waals surface area contributed by atoms with Crippen molar-refractivity contribution in [2.24, 2.45) is 0 Å². The lowest BCUT2D eigenvalue weighted by Gasteiger charge is -2.30. The van der Waals surface area contributed by atoms with Crippen LogP contribution >= 0.6 is 23.2 Å². The second kappa shape index (κ2) is 5.95. The van der Waals surface area contributed by atoms with Gasteiger partial charge < -0.3 is 9.47 Å². The normalized spacial score (nSPS) is 21.6. The van der Waals surface area contributed by atoms with Gasteiger partial charge in [-0.05, 0) is 35.2 Å². The molecule has 0 fully saturated rings. The Bertz CT molecular complexity index is 596. The predicted molar refractivity (Wildman–Crippen MR) is 75.4 cm³/mol. The third-order valence-electron chi connectivity index (χ3n) is 3.20. The summed E-state index contributed by atoms with van der Waals surface area (Å²) in [4.78, 5) is 23.4. The molecule has 2 aliphatic rings. The minimum Gasteiger partial charge on any atom is -0.496 e. The van der Waals surface area contributed by atoms with Crippen LogP contribution in [0, 0.1) is 0 Å². The SMILES string of the molecule is COC1=C(C(=O)Cl)C(OC)C(C(=O)Cl)=C2C=CCC=C21. The quantitative estimate of drug-likeness (QED) is 0.748. The molecular formula is C14H12Cl2O4. The van der Waals surface area contributed by atoms with Crippen molar-refractivity contribution in [3.63, 3.8) is 0 Å². The number of hydrogen-bond acceptors (Lipinski definition) is 4. The molecule has 1 unspecified atom stereocenters. The Morgan fingerprint density at radius 3 is 2.35 bits per heavy atom. The average Bonchev–Trinajstić information content (AvgIpc) is 2.43. The van der Waals surface area contributed by atoms with Gasteiger partial charge in [-0.3, -0.25) is 9.59 Å². The smallest absolute Gasteiger partial charge is 0.255 e. The van der Waals surface area contributed by atoms with Gasteiger partial charge in [0.2, 0.25) is 0 Å². The summed E-state index contributed by atoms with van der Waals surface area (Å²) in [5, 5.41) is -1.42. The highest BCUT2D eigenvalue weighted by Gasteiger charge is 2.39. The average molecular weight is 315 g/mol. The Morgan fingerprint density at radius 1 is 1.20 bits per heavy atom. The van der Waals surface area contributed by atoms with Gasteiger partial charge in [-0.1, -0.05) is 18.2 Å². The molecule has 0 aromatic rings. The number of allylic oxidation sites excluding steroid dienone is 4. The molecule has 0 bridgehead atoms. The Hall–Kier alpha value is -1.36. The van der Waals surface area contributed by atoms with E-state index in [2.05, 4.69) is 0 Å². The van der Waals surface area contributed by atoms with Crippen LogP contribution in [0.5, 0.6) is 0 Å². The molecule has 0 saturated carbocycles. The summed E-state index contributed by atoms with van der Waals surface area (Å²) in [6, 6.07) is 0. The molecule has 0 spiro atoms. The van der Waals surface area contributed by atoms with E-state index in [0.717, 1.165) is 0 Å². The molecular weight excluding hydrogens is 303 g/mol. The van der Waals surface area contributed by atoms with Crippen molar-refractivity contribution in [1.29, 1.82) is 0 Å². The van der Waals surface area contributed by atoms with Crippen molar-refractivity contribution in [3.05, 3.63) is 46.3 Å². The number of halogens is 2. The highest BCUT2D eigenvalue weighted by Crippen LogP contribution is 2.40. The van der Waals surface area contributed by atoms with Crippen LogP contribution in [0.25, 0.3) is 0 Å². The molecule has 0 amide bonds. The third kappa shape index (κ3) is 2.35. The highest BCUT2D eigenvalue weighted by atomic mass is 35.5. The zero-order valence-corrected chi connectivity index (χ0v) is 12.4. The second-order valence-electron chi connectivity index (χ2n) is 4.19. The maximum absolute atomic E-state index is 11.7. The highest BCUT2D eigenvalue weighted by molar-refractivity contribution is 6.69. The fourth-order valence-electron chi connectivity index (χ4n) is 2.43. The van der Waals surface area contributed by atoms with Crippen molar-refractivity contribution in [2.75, 3.05) is 14.2 Å². The zero-order valence-electron chi connectivity index (χ0n) is 10.9. The molecule has 2 aliphatic carbocycles. The number of ether oxygens (including phenoxy) is 2. The molecule has 0 saturated heterocycles. The predicted octanol–water partition coefficient (Wildman–Crippen LogP) is 2.63. The van der Waals surface area contributed by atoms with E-state index in [4.69, 9.17) is 32.7 Å². The first-order chi connectivity index (χ1) is 9.52. The van der Waals surface area contributed by atoms with Gasteiger partial charge in [0.15, 0.2) is 0 Å². The summed E-state index contributed by atoms with van der Waals surface area (Å²) in [5.41, 5.74) is 1.52. The summed E-state index contributed by atoms with van der Waals surface area (Å²) < 4.78 is 10.6. The molecule has 0 aromatic carbocycles. The van der Waals surface area contributed by atoms with Crippen LogP contribution in [0.1, 0.15) is 6.42 Å². The first-order valence-electron chi connectivity index (χ1n) is 5.85. The van der Waals surface area contributed by atoms with Crippen molar-refractivity contribution >= 4 is 33.7 Å². The van der Waals surface area contributed by atoms with Gasteiger partial charge in [0.25, 0.3) is 10.5 Å². The van der Waals surface area contributed by atoms with Gasteiger partial charge in [0.1, 0.15) is 11.9 Å². The number of carbonyl (C=O) groups excluding carboxylic acids is 2. The van der Waals surface area contributed by atoms with E-state index in [1.807, 2.05) is 12.2 Å². The monoisotopic (exact) mass is 314 g/mol. The molecule has 2 rings (SSSR count). The van der Waals surface area contributed by atoms with Gasteiger partial charge in [0.05, 0.1) is 18.3 Å². The lowest BCUT2D eigenvalue weighted by molar-refractivity contribution is -0.110. The van der Waals surface area contributed by atoms with Crippen LogP contribution in [0.15, 0.2) is 46.3 Å². The van der Waals surface area contributed by atoms with Gasteiger partial charge in [-0.2, -0.15) is 0 Å². The van der Waals surface area contributed by atoms with Crippen LogP contribution in [0.4, 0.5) is 0 Å². The van der Waals surface area contributed by atoms with E-state index < -0.39 is 16.6 Å². The summed E-state index contributed by atoms with van der Waals surface area (Å²) >= 11 is 11.3. The molecule has 0 radical (unpaired) electrons. The lowest BCUT2D eigenvalue weighted by atomic mass is 9.82. The van der Waals surface area contributed by atoms with Crippen LogP contribution in [0.2, 0.25) is 0 Å². The fraction of sp³-hybridized carbons (Fsp3) is 0.286. The second-order valence-corrected chi connectivity index (χ2v) is 4.88. The molecule has 0 aromatic heterocycles. The maximum atomic E-state index is 11.7. The van der Waals surface area contributed by atoms with Crippen LogP contribution in [-0.4, -0.2) is 30.8 Å². The zero-order chi connectivity index (χ0) is 14.9. The van der Waals surface area contributed by atoms with Gasteiger partial charge in [0, 0.05) is 12.7 Å². The summed E-state index contributed by atoms with van der Waals surface area (Å²) in [6.07, 6.45) is 5.23. The third-order valence-corrected chi connectivity index (χ3v) is 3.61. The molecule has 20 heavy (non-hydrogen) atoms. The number of methoxy groups -OCH3 is 2. The van der Waals surface area contributed by atoms with E-state index in [1.165, 1.54) is 14.2 Å². The van der Waals surface area contributed by atoms with Gasteiger partial charge in [-0.25, -0.2) is 0 Å². The van der Waals surface area contributed by atoms with Crippen LogP contribution in [-0.2, 0) is 19.1 Å². The fourth-order valence-corrected chi connectivity index (χ4v) is 2.81. The summed E-state index contributed by atoms with van der Waals surface area (Å²) in [5.74, 6) is 0.317. The van der Waals surface area contributed by atoms with E-state index in [9.17, 15) is 9.59 Å². The van der Waals surface area contributed by atoms with E-state index in [-0.39, 0.29) is 11.1 Å². The van der Waals surface area contributed by atoms with E-state index in [0.29, 0.717) is 23.3 Å².